The Balaban J connectivity index is 1.90. The number of rotatable bonds is 5. The van der Waals surface area contributed by atoms with Crippen molar-refractivity contribution >= 4 is 16.9 Å². The van der Waals surface area contributed by atoms with Crippen LogP contribution in [0.4, 0.5) is 0 Å². The minimum Gasteiger partial charge on any atom is -0.383 e. The summed E-state index contributed by atoms with van der Waals surface area (Å²) in [6.07, 6.45) is 0. The first kappa shape index (κ1) is 13.4. The minimum atomic E-state index is 0.660. The lowest BCUT2D eigenvalue weighted by molar-refractivity contribution is 0.203. The fourth-order valence-electron chi connectivity index (χ4n) is 1.90. The second-order valence-corrected chi connectivity index (χ2v) is 4.23. The SMILES string of the molecule is CN=C(NCCOC)NCc1cc2ccccc2[nH]1. The molecule has 1 aromatic heterocycles. The molecule has 0 saturated heterocycles. The third-order valence-electron chi connectivity index (χ3n) is 2.85. The van der Waals surface area contributed by atoms with Gasteiger partial charge in [-0.15, -0.1) is 0 Å². The van der Waals surface area contributed by atoms with Gasteiger partial charge in [-0.3, -0.25) is 4.99 Å². The highest BCUT2D eigenvalue weighted by atomic mass is 16.5. The van der Waals surface area contributed by atoms with Crippen LogP contribution < -0.4 is 10.6 Å². The summed E-state index contributed by atoms with van der Waals surface area (Å²) in [6.45, 7) is 2.11. The van der Waals surface area contributed by atoms with Crippen LogP contribution >= 0.6 is 0 Å². The summed E-state index contributed by atoms with van der Waals surface area (Å²) in [6, 6.07) is 10.4. The zero-order chi connectivity index (χ0) is 13.5. The van der Waals surface area contributed by atoms with Crippen molar-refractivity contribution in [2.24, 2.45) is 4.99 Å². The van der Waals surface area contributed by atoms with E-state index < -0.39 is 0 Å². The number of guanidine groups is 1. The van der Waals surface area contributed by atoms with Crippen LogP contribution in [0, 0.1) is 0 Å². The predicted octanol–water partition coefficient (Wildman–Crippen LogP) is 1.48. The largest absolute Gasteiger partial charge is 0.383 e. The molecule has 1 heterocycles. The normalized spacial score (nSPS) is 11.8. The van der Waals surface area contributed by atoms with E-state index in [1.54, 1.807) is 14.2 Å². The number of nitrogens with one attached hydrogen (secondary N) is 3. The molecule has 0 aliphatic heterocycles. The second-order valence-electron chi connectivity index (χ2n) is 4.23. The van der Waals surface area contributed by atoms with E-state index in [-0.39, 0.29) is 0 Å². The maximum atomic E-state index is 4.99. The van der Waals surface area contributed by atoms with E-state index in [1.165, 1.54) is 5.39 Å². The highest BCUT2D eigenvalue weighted by molar-refractivity contribution is 5.81. The van der Waals surface area contributed by atoms with Gasteiger partial charge in [0.05, 0.1) is 13.2 Å². The van der Waals surface area contributed by atoms with Gasteiger partial charge in [-0.25, -0.2) is 0 Å². The van der Waals surface area contributed by atoms with Gasteiger partial charge in [0.15, 0.2) is 5.96 Å². The number of fused-ring (bicyclic) bond motifs is 1. The lowest BCUT2D eigenvalue weighted by Crippen LogP contribution is -2.38. The zero-order valence-corrected chi connectivity index (χ0v) is 11.4. The molecule has 0 bridgehead atoms. The van der Waals surface area contributed by atoms with E-state index in [0.29, 0.717) is 13.2 Å². The highest BCUT2D eigenvalue weighted by Crippen LogP contribution is 2.14. The molecule has 0 atom stereocenters. The Morgan fingerprint density at radius 1 is 1.32 bits per heavy atom. The lowest BCUT2D eigenvalue weighted by atomic mass is 10.2. The summed E-state index contributed by atoms with van der Waals surface area (Å²) in [4.78, 5) is 7.53. The molecule has 1 aromatic carbocycles. The average Bonchev–Trinajstić information content (AvgIpc) is 2.85. The number of hydrogen-bond acceptors (Lipinski definition) is 2. The number of benzene rings is 1. The van der Waals surface area contributed by atoms with Crippen LogP contribution in [0.25, 0.3) is 10.9 Å². The van der Waals surface area contributed by atoms with Crippen LogP contribution in [0.3, 0.4) is 0 Å². The molecule has 0 spiro atoms. The molecule has 0 aliphatic rings. The van der Waals surface area contributed by atoms with Crippen molar-refractivity contribution in [3.63, 3.8) is 0 Å². The van der Waals surface area contributed by atoms with Gasteiger partial charge in [-0.2, -0.15) is 0 Å². The van der Waals surface area contributed by atoms with Gasteiger partial charge in [0.2, 0.25) is 0 Å². The Labute approximate surface area is 113 Å². The van der Waals surface area contributed by atoms with E-state index in [4.69, 9.17) is 4.74 Å². The number of nitrogens with zero attached hydrogens (tertiary/aromatic N) is 1. The maximum Gasteiger partial charge on any atom is 0.191 e. The summed E-state index contributed by atoms with van der Waals surface area (Å²) in [5.41, 5.74) is 2.29. The summed E-state index contributed by atoms with van der Waals surface area (Å²) in [5.74, 6) is 0.774. The molecule has 0 radical (unpaired) electrons. The molecule has 2 rings (SSSR count). The van der Waals surface area contributed by atoms with Gasteiger partial charge < -0.3 is 20.4 Å². The van der Waals surface area contributed by atoms with Crippen LogP contribution in [0.1, 0.15) is 5.69 Å². The first-order valence-electron chi connectivity index (χ1n) is 6.33. The van der Waals surface area contributed by atoms with Crippen LogP contribution in [-0.4, -0.2) is 38.3 Å². The second kappa shape index (κ2) is 6.80. The van der Waals surface area contributed by atoms with Crippen LogP contribution in [0.2, 0.25) is 0 Å². The smallest absolute Gasteiger partial charge is 0.191 e. The van der Waals surface area contributed by atoms with Gasteiger partial charge in [0.1, 0.15) is 0 Å². The van der Waals surface area contributed by atoms with E-state index in [1.807, 2.05) is 12.1 Å². The third-order valence-corrected chi connectivity index (χ3v) is 2.85. The molecule has 0 aliphatic carbocycles. The number of ether oxygens (including phenoxy) is 1. The zero-order valence-electron chi connectivity index (χ0n) is 11.4. The minimum absolute atomic E-state index is 0.660. The first-order valence-corrected chi connectivity index (χ1v) is 6.33. The molecule has 19 heavy (non-hydrogen) atoms. The van der Waals surface area contributed by atoms with Gasteiger partial charge in [-0.05, 0) is 17.5 Å². The topological polar surface area (TPSA) is 61.4 Å². The van der Waals surface area contributed by atoms with E-state index in [9.17, 15) is 0 Å². The van der Waals surface area contributed by atoms with Crippen molar-refractivity contribution in [2.75, 3.05) is 27.3 Å². The van der Waals surface area contributed by atoms with Gasteiger partial charge in [0.25, 0.3) is 0 Å². The quantitative estimate of drug-likeness (QED) is 0.433. The highest BCUT2D eigenvalue weighted by Gasteiger charge is 2.01. The fraction of sp³-hybridized carbons (Fsp3) is 0.357. The number of aromatic amines is 1. The monoisotopic (exact) mass is 260 g/mol. The molecule has 0 saturated carbocycles. The van der Waals surface area contributed by atoms with Gasteiger partial charge >= 0.3 is 0 Å². The number of aromatic nitrogens is 1. The Kier molecular flexibility index (Phi) is 4.80. The fourth-order valence-corrected chi connectivity index (χ4v) is 1.90. The van der Waals surface area contributed by atoms with Crippen molar-refractivity contribution in [1.29, 1.82) is 0 Å². The van der Waals surface area contributed by atoms with Crippen molar-refractivity contribution in [2.45, 2.75) is 6.54 Å². The maximum absolute atomic E-state index is 4.99. The number of aliphatic imine (C=N–C) groups is 1. The standard InChI is InChI=1S/C14H20N4O/c1-15-14(16-7-8-19-2)17-10-12-9-11-5-3-4-6-13(11)18-12/h3-6,9,18H,7-8,10H2,1-2H3,(H2,15,16,17). The molecular formula is C14H20N4O. The van der Waals surface area contributed by atoms with Gasteiger partial charge in [0, 0.05) is 31.9 Å². The molecule has 5 nitrogen and oxygen atoms in total. The molecular weight excluding hydrogens is 240 g/mol. The number of hydrogen-bond donors (Lipinski definition) is 3. The van der Waals surface area contributed by atoms with Crippen molar-refractivity contribution in [3.8, 4) is 0 Å². The summed E-state index contributed by atoms with van der Waals surface area (Å²) in [5, 5.41) is 7.66. The average molecular weight is 260 g/mol. The first-order chi connectivity index (χ1) is 9.33. The lowest BCUT2D eigenvalue weighted by Gasteiger charge is -2.10. The van der Waals surface area contributed by atoms with Crippen LogP contribution in [0.5, 0.6) is 0 Å². The van der Waals surface area contributed by atoms with Crippen molar-refractivity contribution in [1.82, 2.24) is 15.6 Å². The molecule has 5 heteroatoms. The van der Waals surface area contributed by atoms with E-state index in [0.717, 1.165) is 23.7 Å². The summed E-state index contributed by atoms with van der Waals surface area (Å²) < 4.78 is 4.99. The third kappa shape index (κ3) is 3.72. The Bertz CT molecular complexity index is 514. The Morgan fingerprint density at radius 3 is 2.89 bits per heavy atom. The molecule has 102 valence electrons. The Hall–Kier alpha value is -2.01. The summed E-state index contributed by atoms with van der Waals surface area (Å²) >= 11 is 0. The van der Waals surface area contributed by atoms with Crippen LogP contribution in [-0.2, 0) is 11.3 Å². The van der Waals surface area contributed by atoms with E-state index >= 15 is 0 Å². The van der Waals surface area contributed by atoms with Crippen molar-refractivity contribution < 1.29 is 4.74 Å². The number of H-pyrrole nitrogens is 1. The predicted molar refractivity (Wildman–Crippen MR) is 78.4 cm³/mol. The Morgan fingerprint density at radius 2 is 2.16 bits per heavy atom. The number of para-hydroxylation sites is 1. The molecule has 0 unspecified atom stereocenters. The summed E-state index contributed by atoms with van der Waals surface area (Å²) in [7, 11) is 3.44. The molecule has 0 fully saturated rings. The van der Waals surface area contributed by atoms with Crippen molar-refractivity contribution in [3.05, 3.63) is 36.0 Å². The molecule has 2 aromatic rings. The molecule has 0 amide bonds. The number of methoxy groups -OCH3 is 1. The van der Waals surface area contributed by atoms with Crippen LogP contribution in [0.15, 0.2) is 35.3 Å². The van der Waals surface area contributed by atoms with E-state index in [2.05, 4.69) is 38.8 Å². The van der Waals surface area contributed by atoms with Gasteiger partial charge in [-0.1, -0.05) is 18.2 Å². The molecule has 3 N–H and O–H groups in total.